The van der Waals surface area contributed by atoms with Crippen molar-refractivity contribution in [2.75, 3.05) is 44.7 Å². The van der Waals surface area contributed by atoms with Crippen molar-refractivity contribution in [1.29, 1.82) is 0 Å². The van der Waals surface area contributed by atoms with E-state index >= 15 is 0 Å². The second-order valence-corrected chi connectivity index (χ2v) is 10.9. The van der Waals surface area contributed by atoms with E-state index in [2.05, 4.69) is 11.9 Å². The monoisotopic (exact) mass is 483 g/mol. The van der Waals surface area contributed by atoms with Gasteiger partial charge >= 0.3 is 0 Å². The van der Waals surface area contributed by atoms with E-state index in [0.717, 1.165) is 10.4 Å². The summed E-state index contributed by atoms with van der Waals surface area (Å²) in [4.78, 5) is 15.9. The average molecular weight is 484 g/mol. The Balaban J connectivity index is 1.71. The zero-order valence-corrected chi connectivity index (χ0v) is 19.7. The van der Waals surface area contributed by atoms with Gasteiger partial charge in [0.1, 0.15) is 0 Å². The second-order valence-electron chi connectivity index (χ2n) is 7.21. The van der Waals surface area contributed by atoms with Gasteiger partial charge in [0, 0.05) is 36.7 Å². The van der Waals surface area contributed by atoms with Crippen molar-refractivity contribution in [1.82, 2.24) is 9.21 Å². The molecule has 10 heteroatoms. The van der Waals surface area contributed by atoms with Crippen LogP contribution in [0.2, 0.25) is 4.34 Å². The maximum absolute atomic E-state index is 12.9. The summed E-state index contributed by atoms with van der Waals surface area (Å²) in [6.45, 7) is 8.23. The number of sulfonamides is 1. The fraction of sp³-hybridized carbons (Fsp3) is 0.381. The Kier molecular flexibility index (Phi) is 8.26. The third-order valence-electron chi connectivity index (χ3n) is 4.85. The molecule has 1 saturated heterocycles. The molecule has 2 aromatic rings. The van der Waals surface area contributed by atoms with Crippen molar-refractivity contribution >= 4 is 44.6 Å². The number of nitrogens with zero attached hydrogens (tertiary/aromatic N) is 2. The summed E-state index contributed by atoms with van der Waals surface area (Å²) >= 11 is 7.47. The van der Waals surface area contributed by atoms with Gasteiger partial charge < -0.3 is 10.1 Å². The van der Waals surface area contributed by atoms with Gasteiger partial charge in [-0.2, -0.15) is 4.31 Å². The Morgan fingerprint density at radius 2 is 2.06 bits per heavy atom. The van der Waals surface area contributed by atoms with Crippen LogP contribution in [-0.4, -0.2) is 62.9 Å². The largest absolute Gasteiger partial charge is 0.379 e. The smallest absolute Gasteiger partial charge is 0.243 e. The number of aryl methyl sites for hydroxylation is 1. The molecule has 1 aromatic carbocycles. The molecule has 0 saturated carbocycles. The molecule has 31 heavy (non-hydrogen) atoms. The number of benzene rings is 1. The number of carbonyl (C=O) groups is 1. The number of nitrogens with one attached hydrogen (secondary N) is 1. The lowest BCUT2D eigenvalue weighted by Crippen LogP contribution is -2.40. The maximum Gasteiger partial charge on any atom is 0.243 e. The highest BCUT2D eigenvalue weighted by atomic mass is 35.5. The SMILES string of the molecule is C=CCN(CC(=O)Nc1cc(S(=O)(=O)N2CCOCC2)ccc1C)Cc1ccc(Cl)s1. The first-order chi connectivity index (χ1) is 14.8. The van der Waals surface area contributed by atoms with Crippen LogP contribution in [0.1, 0.15) is 10.4 Å². The number of hydrogen-bond donors (Lipinski definition) is 1. The zero-order valence-electron chi connectivity index (χ0n) is 17.3. The Hall–Kier alpha value is -1.75. The lowest BCUT2D eigenvalue weighted by atomic mass is 10.2. The first-order valence-electron chi connectivity index (χ1n) is 9.85. The topological polar surface area (TPSA) is 79.0 Å². The molecule has 0 spiro atoms. The van der Waals surface area contributed by atoms with E-state index in [0.29, 0.717) is 49.4 Å². The molecule has 0 radical (unpaired) electrons. The molecule has 0 aliphatic carbocycles. The van der Waals surface area contributed by atoms with Crippen molar-refractivity contribution in [2.24, 2.45) is 0 Å². The molecule has 1 aliphatic rings. The van der Waals surface area contributed by atoms with Crippen LogP contribution in [0.5, 0.6) is 0 Å². The van der Waals surface area contributed by atoms with Crippen molar-refractivity contribution in [2.45, 2.75) is 18.4 Å². The summed E-state index contributed by atoms with van der Waals surface area (Å²) in [7, 11) is -3.64. The number of carbonyl (C=O) groups excluding carboxylic acids is 1. The van der Waals surface area contributed by atoms with Crippen LogP contribution in [-0.2, 0) is 26.1 Å². The van der Waals surface area contributed by atoms with E-state index < -0.39 is 10.0 Å². The summed E-state index contributed by atoms with van der Waals surface area (Å²) in [5.74, 6) is -0.228. The quantitative estimate of drug-likeness (QED) is 0.553. The number of hydrogen-bond acceptors (Lipinski definition) is 6. The van der Waals surface area contributed by atoms with Gasteiger partial charge in [-0.15, -0.1) is 17.9 Å². The standard InChI is InChI=1S/C21H26ClN3O4S2/c1-3-8-24(14-17-5-7-20(22)30-17)15-21(26)23-19-13-18(6-4-16(19)2)31(27,28)25-9-11-29-12-10-25/h3-7,13H,1,8-12,14-15H2,2H3,(H,23,26). The predicted octanol–water partition coefficient (Wildman–Crippen LogP) is 3.36. The highest BCUT2D eigenvalue weighted by molar-refractivity contribution is 7.89. The van der Waals surface area contributed by atoms with Gasteiger partial charge in [0.2, 0.25) is 15.9 Å². The lowest BCUT2D eigenvalue weighted by Gasteiger charge is -2.26. The molecule has 7 nitrogen and oxygen atoms in total. The fourth-order valence-electron chi connectivity index (χ4n) is 3.25. The molecule has 1 N–H and O–H groups in total. The highest BCUT2D eigenvalue weighted by Crippen LogP contribution is 2.25. The first kappa shape index (κ1) is 23.9. The van der Waals surface area contributed by atoms with Crippen LogP contribution in [0.25, 0.3) is 0 Å². The number of halogens is 1. The van der Waals surface area contributed by atoms with Crippen LogP contribution in [0, 0.1) is 6.92 Å². The van der Waals surface area contributed by atoms with E-state index in [4.69, 9.17) is 16.3 Å². The Labute approximate surface area is 192 Å². The highest BCUT2D eigenvalue weighted by Gasteiger charge is 2.27. The van der Waals surface area contributed by atoms with Crippen molar-refractivity contribution in [3.05, 3.63) is 57.8 Å². The molecule has 0 bridgehead atoms. The average Bonchev–Trinajstić information content (AvgIpc) is 3.15. The van der Waals surface area contributed by atoms with Gasteiger partial charge in [-0.3, -0.25) is 9.69 Å². The normalized spacial score (nSPS) is 15.2. The number of anilines is 1. The molecule has 3 rings (SSSR count). The van der Waals surface area contributed by atoms with E-state index in [9.17, 15) is 13.2 Å². The van der Waals surface area contributed by atoms with Crippen molar-refractivity contribution in [3.8, 4) is 0 Å². The molecule has 2 heterocycles. The lowest BCUT2D eigenvalue weighted by molar-refractivity contribution is -0.117. The van der Waals surface area contributed by atoms with Crippen LogP contribution in [0.3, 0.4) is 0 Å². The van der Waals surface area contributed by atoms with Gasteiger partial charge in [0.05, 0.1) is 29.0 Å². The third-order valence-corrected chi connectivity index (χ3v) is 7.96. The fourth-order valence-corrected chi connectivity index (χ4v) is 5.81. The predicted molar refractivity (Wildman–Crippen MR) is 124 cm³/mol. The molecule has 0 atom stereocenters. The molecular weight excluding hydrogens is 458 g/mol. The van der Waals surface area contributed by atoms with E-state index in [1.165, 1.54) is 21.7 Å². The van der Waals surface area contributed by atoms with Crippen LogP contribution < -0.4 is 5.32 Å². The maximum atomic E-state index is 12.9. The van der Waals surface area contributed by atoms with Gasteiger partial charge in [0.15, 0.2) is 0 Å². The minimum absolute atomic E-state index is 0.140. The van der Waals surface area contributed by atoms with Crippen LogP contribution in [0.15, 0.2) is 47.9 Å². The molecule has 168 valence electrons. The van der Waals surface area contributed by atoms with E-state index in [-0.39, 0.29) is 17.3 Å². The number of rotatable bonds is 9. The van der Waals surface area contributed by atoms with Gasteiger partial charge in [-0.1, -0.05) is 23.7 Å². The summed E-state index contributed by atoms with van der Waals surface area (Å²) in [5, 5.41) is 2.86. The molecule has 0 unspecified atom stereocenters. The molecule has 1 aliphatic heterocycles. The number of amides is 1. The summed E-state index contributed by atoms with van der Waals surface area (Å²) < 4.78 is 33.2. The number of thiophene rings is 1. The molecular formula is C21H26ClN3O4S2. The summed E-state index contributed by atoms with van der Waals surface area (Å²) in [6.07, 6.45) is 1.74. The Bertz CT molecular complexity index is 1030. The van der Waals surface area contributed by atoms with E-state index in [1.54, 1.807) is 18.2 Å². The molecule has 1 fully saturated rings. The third kappa shape index (κ3) is 6.38. The van der Waals surface area contributed by atoms with Gasteiger partial charge in [-0.25, -0.2) is 8.42 Å². The zero-order chi connectivity index (χ0) is 22.4. The first-order valence-corrected chi connectivity index (χ1v) is 12.5. The van der Waals surface area contributed by atoms with E-state index in [1.807, 2.05) is 24.0 Å². The summed E-state index contributed by atoms with van der Waals surface area (Å²) in [6, 6.07) is 8.57. The summed E-state index contributed by atoms with van der Waals surface area (Å²) in [5.41, 5.74) is 1.27. The Morgan fingerprint density at radius 1 is 1.32 bits per heavy atom. The van der Waals surface area contributed by atoms with Gasteiger partial charge in [-0.05, 0) is 36.8 Å². The molecule has 1 aromatic heterocycles. The van der Waals surface area contributed by atoms with Crippen molar-refractivity contribution < 1.29 is 17.9 Å². The number of morpholine rings is 1. The molecule has 1 amide bonds. The van der Waals surface area contributed by atoms with Gasteiger partial charge in [0.25, 0.3) is 0 Å². The van der Waals surface area contributed by atoms with Crippen LogP contribution >= 0.6 is 22.9 Å². The number of ether oxygens (including phenoxy) is 1. The van der Waals surface area contributed by atoms with Crippen molar-refractivity contribution in [3.63, 3.8) is 0 Å². The minimum Gasteiger partial charge on any atom is -0.379 e. The Morgan fingerprint density at radius 3 is 2.71 bits per heavy atom. The second kappa shape index (κ2) is 10.7. The van der Waals surface area contributed by atoms with Crippen LogP contribution in [0.4, 0.5) is 5.69 Å². The minimum atomic E-state index is -3.64.